The van der Waals surface area contributed by atoms with Crippen LogP contribution < -0.4 is 25.4 Å². The van der Waals surface area contributed by atoms with Crippen molar-refractivity contribution in [3.05, 3.63) is 59.7 Å². The standard InChI is InChI=1S/C29H42N4O4S.CH2O2/c1-2-30-25-18-23(19-26(20-25)33-15-9-10-16-38(33,36)37)29(35)32-27(17-22-11-5-3-6-12-22)28(34)21-31-24-13-7-4-8-14-24;2-1-3/h3,5-6,11-12,18-20,24,27-28,30-31,34H,2,4,7-10,13-17,21H2,1H3,(H,32,35);1H,(H,2,3)/t27-,28+;/m0./s1. The number of aliphatic hydroxyl groups is 1. The summed E-state index contributed by atoms with van der Waals surface area (Å²) in [6.07, 6.45) is 7.31. The van der Waals surface area contributed by atoms with Crippen molar-refractivity contribution in [2.24, 2.45) is 0 Å². The van der Waals surface area contributed by atoms with Crippen LogP contribution in [-0.2, 0) is 21.2 Å². The molecule has 2 fully saturated rings. The molecule has 41 heavy (non-hydrogen) atoms. The number of aliphatic hydroxyl groups excluding tert-OH is 1. The highest BCUT2D eigenvalue weighted by molar-refractivity contribution is 7.92. The minimum atomic E-state index is -3.42. The fourth-order valence-corrected chi connectivity index (χ4v) is 7.16. The number of benzene rings is 2. The van der Waals surface area contributed by atoms with Gasteiger partial charge in [0.25, 0.3) is 5.91 Å². The molecule has 1 saturated carbocycles. The molecule has 1 amide bonds. The highest BCUT2D eigenvalue weighted by Crippen LogP contribution is 2.28. The van der Waals surface area contributed by atoms with Crippen molar-refractivity contribution in [2.45, 2.75) is 76.5 Å². The van der Waals surface area contributed by atoms with Gasteiger partial charge in [-0.3, -0.25) is 9.10 Å². The number of hydrogen-bond donors (Lipinski definition) is 4. The number of nitrogens with zero attached hydrogens (tertiary/aromatic N) is 1. The minimum Gasteiger partial charge on any atom is -0.554 e. The quantitative estimate of drug-likeness (QED) is 0.286. The van der Waals surface area contributed by atoms with E-state index in [1.165, 1.54) is 36.4 Å². The van der Waals surface area contributed by atoms with Crippen LogP contribution in [0.25, 0.3) is 0 Å². The number of rotatable bonds is 11. The van der Waals surface area contributed by atoms with E-state index in [0.29, 0.717) is 55.5 Å². The van der Waals surface area contributed by atoms with Crippen LogP contribution in [0.2, 0.25) is 0 Å². The van der Waals surface area contributed by atoms with Crippen molar-refractivity contribution in [1.82, 2.24) is 5.32 Å². The average molecular weight is 589 g/mol. The first-order valence-electron chi connectivity index (χ1n) is 14.6. The van der Waals surface area contributed by atoms with Crippen molar-refractivity contribution in [2.75, 3.05) is 35.0 Å². The molecule has 0 radical (unpaired) electrons. The van der Waals surface area contributed by atoms with Gasteiger partial charge in [-0.25, -0.2) is 8.42 Å². The van der Waals surface area contributed by atoms with Crippen LogP contribution in [0.15, 0.2) is 48.5 Å². The van der Waals surface area contributed by atoms with Gasteiger partial charge < -0.3 is 31.0 Å². The summed E-state index contributed by atoms with van der Waals surface area (Å²) >= 11 is 0. The maximum atomic E-state index is 13.6. The maximum Gasteiger partial charge on any atom is 0.251 e. The molecular formula is C30H44N4O6S. The first kappa shape index (κ1) is 32.4. The zero-order valence-corrected chi connectivity index (χ0v) is 24.7. The Bertz CT molecular complexity index is 1200. The van der Waals surface area contributed by atoms with Crippen LogP contribution in [0.1, 0.15) is 67.8 Å². The lowest BCUT2D eigenvalue weighted by Crippen LogP contribution is -2.92. The van der Waals surface area contributed by atoms with Crippen LogP contribution in [0, 0.1) is 0 Å². The Labute approximate surface area is 243 Å². The Morgan fingerprint density at radius 3 is 2.49 bits per heavy atom. The molecule has 1 heterocycles. The van der Waals surface area contributed by atoms with E-state index in [4.69, 9.17) is 9.90 Å². The fraction of sp³-hybridized carbons (Fsp3) is 0.533. The van der Waals surface area contributed by atoms with Gasteiger partial charge in [0.1, 0.15) is 12.6 Å². The zero-order chi connectivity index (χ0) is 29.7. The van der Waals surface area contributed by atoms with Gasteiger partial charge in [0.05, 0.1) is 23.5 Å². The number of anilines is 2. The first-order valence-corrected chi connectivity index (χ1v) is 16.2. The first-order chi connectivity index (χ1) is 19.8. The number of carbonyl (C=O) groups is 2. The largest absolute Gasteiger partial charge is 0.554 e. The molecule has 2 aliphatic rings. The molecule has 4 rings (SSSR count). The molecule has 0 aromatic heterocycles. The molecule has 5 N–H and O–H groups in total. The van der Waals surface area contributed by atoms with Gasteiger partial charge >= 0.3 is 0 Å². The van der Waals surface area contributed by atoms with Gasteiger partial charge in [0, 0.05) is 30.8 Å². The monoisotopic (exact) mass is 588 g/mol. The summed E-state index contributed by atoms with van der Waals surface area (Å²) in [5.41, 5.74) is 2.61. The van der Waals surface area contributed by atoms with Gasteiger partial charge in [0.15, 0.2) is 0 Å². The van der Waals surface area contributed by atoms with Crippen molar-refractivity contribution in [3.63, 3.8) is 0 Å². The Morgan fingerprint density at radius 1 is 1.12 bits per heavy atom. The van der Waals surface area contributed by atoms with E-state index in [1.807, 2.05) is 37.3 Å². The van der Waals surface area contributed by atoms with Gasteiger partial charge in [0.2, 0.25) is 10.0 Å². The Balaban J connectivity index is 0.00000147. The number of amides is 1. The van der Waals surface area contributed by atoms with Crippen molar-refractivity contribution in [3.8, 4) is 0 Å². The summed E-state index contributed by atoms with van der Waals surface area (Å²) < 4.78 is 27.0. The highest BCUT2D eigenvalue weighted by Gasteiger charge is 2.29. The molecular weight excluding hydrogens is 544 g/mol. The minimum absolute atomic E-state index is 0.114. The van der Waals surface area contributed by atoms with E-state index in [0.717, 1.165) is 12.0 Å². The second kappa shape index (κ2) is 16.3. The van der Waals surface area contributed by atoms with Crippen molar-refractivity contribution >= 4 is 33.8 Å². The summed E-state index contributed by atoms with van der Waals surface area (Å²) in [4.78, 5) is 21.8. The van der Waals surface area contributed by atoms with Crippen LogP contribution in [0.3, 0.4) is 0 Å². The summed E-state index contributed by atoms with van der Waals surface area (Å²) in [5, 5.41) is 28.0. The predicted octanol–water partition coefficient (Wildman–Crippen LogP) is 1.01. The van der Waals surface area contributed by atoms with Crippen LogP contribution >= 0.6 is 0 Å². The molecule has 0 bridgehead atoms. The van der Waals surface area contributed by atoms with Crippen molar-refractivity contribution < 1.29 is 33.5 Å². The molecule has 1 saturated heterocycles. The normalized spacial score (nSPS) is 18.3. The summed E-state index contributed by atoms with van der Waals surface area (Å²) in [5.74, 6) is -0.207. The number of nitrogens with two attached hydrogens (primary N) is 1. The van der Waals surface area contributed by atoms with E-state index >= 15 is 0 Å². The zero-order valence-electron chi connectivity index (χ0n) is 23.8. The lowest BCUT2D eigenvalue weighted by molar-refractivity contribution is -0.697. The van der Waals surface area contributed by atoms with Gasteiger partial charge in [-0.15, -0.1) is 0 Å². The van der Waals surface area contributed by atoms with E-state index < -0.39 is 28.6 Å². The second-order valence-corrected chi connectivity index (χ2v) is 12.7. The molecule has 0 spiro atoms. The summed E-state index contributed by atoms with van der Waals surface area (Å²) in [6, 6.07) is 15.1. The summed E-state index contributed by atoms with van der Waals surface area (Å²) in [6.45, 7) is 3.03. The number of nitrogens with one attached hydrogen (secondary N) is 2. The third kappa shape index (κ3) is 10.0. The Morgan fingerprint density at radius 2 is 1.83 bits per heavy atom. The number of hydrogen-bond acceptors (Lipinski definition) is 7. The van der Waals surface area contributed by atoms with Crippen LogP contribution in [-0.4, -0.2) is 69.5 Å². The van der Waals surface area contributed by atoms with E-state index in [9.17, 15) is 18.3 Å². The van der Waals surface area contributed by atoms with E-state index in [1.54, 1.807) is 18.2 Å². The van der Waals surface area contributed by atoms with Gasteiger partial charge in [-0.2, -0.15) is 0 Å². The lowest BCUT2D eigenvalue weighted by atomic mass is 9.95. The molecule has 2 atom stereocenters. The number of sulfonamides is 1. The number of quaternary nitrogens is 1. The third-order valence-corrected chi connectivity index (χ3v) is 9.51. The molecule has 2 aromatic rings. The maximum absolute atomic E-state index is 13.6. The van der Waals surface area contributed by atoms with Crippen LogP contribution in [0.5, 0.6) is 0 Å². The smallest absolute Gasteiger partial charge is 0.251 e. The molecule has 11 heteroatoms. The molecule has 1 aliphatic carbocycles. The second-order valence-electron chi connectivity index (χ2n) is 10.7. The SMILES string of the molecule is CCNc1cc(C(=O)N[C@@H](Cc2ccccc2)[C@H](O)C[NH2+]C2CCCCC2)cc(N2CCCCS2(=O)=O)c1.O=C[O-]. The highest BCUT2D eigenvalue weighted by atomic mass is 32.2. The Hall–Kier alpha value is -3.15. The average Bonchev–Trinajstić information content (AvgIpc) is 2.97. The van der Waals surface area contributed by atoms with E-state index in [-0.39, 0.29) is 11.7 Å². The molecule has 226 valence electrons. The fourth-order valence-electron chi connectivity index (χ4n) is 5.54. The lowest BCUT2D eigenvalue weighted by Gasteiger charge is -2.29. The molecule has 0 unspecified atom stereocenters. The van der Waals surface area contributed by atoms with E-state index in [2.05, 4.69) is 16.0 Å². The third-order valence-electron chi connectivity index (χ3n) is 7.64. The topological polar surface area (TPSA) is 155 Å². The van der Waals surface area contributed by atoms with Crippen molar-refractivity contribution in [1.29, 1.82) is 0 Å². The Kier molecular flexibility index (Phi) is 12.9. The summed E-state index contributed by atoms with van der Waals surface area (Å²) in [7, 11) is -3.42. The number of carbonyl (C=O) groups excluding carboxylic acids is 2. The number of carboxylic acid groups (broad SMARTS) is 1. The van der Waals surface area contributed by atoms with Crippen LogP contribution in [0.4, 0.5) is 11.4 Å². The predicted molar refractivity (Wildman–Crippen MR) is 158 cm³/mol. The van der Waals surface area contributed by atoms with Gasteiger partial charge in [-0.05, 0) is 75.6 Å². The molecule has 10 nitrogen and oxygen atoms in total. The molecule has 1 aliphatic heterocycles. The van der Waals surface area contributed by atoms with Gasteiger partial charge in [-0.1, -0.05) is 36.8 Å². The molecule has 2 aromatic carbocycles.